The number of hydrogen-bond donors (Lipinski definition) is 2. The molecular formula is C15H20ClNO2. The molecule has 1 rings (SSSR count). The molecule has 0 saturated heterocycles. The third kappa shape index (κ3) is 5.05. The van der Waals surface area contributed by atoms with Crippen LogP contribution in [0.1, 0.15) is 24.2 Å². The molecule has 0 saturated carbocycles. The lowest BCUT2D eigenvalue weighted by Crippen LogP contribution is -2.46. The van der Waals surface area contributed by atoms with Crippen molar-refractivity contribution in [1.29, 1.82) is 0 Å². The van der Waals surface area contributed by atoms with Gasteiger partial charge >= 0.3 is 0 Å². The fourth-order valence-corrected chi connectivity index (χ4v) is 1.88. The van der Waals surface area contributed by atoms with E-state index >= 15 is 0 Å². The summed E-state index contributed by atoms with van der Waals surface area (Å²) in [6.07, 6.45) is 2.55. The molecule has 0 aliphatic heterocycles. The summed E-state index contributed by atoms with van der Waals surface area (Å²) in [5, 5.41) is 12.9. The molecule has 19 heavy (non-hydrogen) atoms. The molecule has 0 aliphatic carbocycles. The summed E-state index contributed by atoms with van der Waals surface area (Å²) in [5.74, 6) is 0.273. The highest BCUT2D eigenvalue weighted by molar-refractivity contribution is 6.18. The Bertz CT molecular complexity index is 417. The largest absolute Gasteiger partial charge is 0.387 e. The first-order valence-corrected chi connectivity index (χ1v) is 6.86. The van der Waals surface area contributed by atoms with E-state index in [0.29, 0.717) is 11.4 Å². The highest BCUT2D eigenvalue weighted by Gasteiger charge is 2.22. The minimum Gasteiger partial charge on any atom is -0.387 e. The van der Waals surface area contributed by atoms with Crippen molar-refractivity contribution >= 4 is 17.5 Å². The first kappa shape index (κ1) is 15.7. The number of rotatable bonds is 6. The van der Waals surface area contributed by atoms with Crippen LogP contribution in [0.4, 0.5) is 0 Å². The lowest BCUT2D eigenvalue weighted by Gasteiger charge is -2.25. The van der Waals surface area contributed by atoms with Gasteiger partial charge in [-0.25, -0.2) is 0 Å². The third-order valence-electron chi connectivity index (χ3n) is 2.84. The Labute approximate surface area is 119 Å². The van der Waals surface area contributed by atoms with Crippen molar-refractivity contribution in [2.75, 3.05) is 5.88 Å². The molecule has 1 amide bonds. The van der Waals surface area contributed by atoms with Crippen molar-refractivity contribution < 1.29 is 9.90 Å². The maximum Gasteiger partial charge on any atom is 0.251 e. The van der Waals surface area contributed by atoms with Crippen molar-refractivity contribution in [2.24, 2.45) is 5.92 Å². The van der Waals surface area contributed by atoms with E-state index in [4.69, 9.17) is 11.6 Å². The number of nitrogens with one attached hydrogen (secondary N) is 1. The molecule has 2 atom stereocenters. The standard InChI is InChI=1S/C15H20ClNO2/c1-11(2)14(13(18)9-6-10-16)17-15(19)12-7-4-3-5-8-12/h3-9,11,13-14,18H,10H2,1-2H3,(H,17,19)/b9-6+/t13-,14-/m0/s1. The summed E-state index contributed by atoms with van der Waals surface area (Å²) in [6.45, 7) is 3.90. The topological polar surface area (TPSA) is 49.3 Å². The fourth-order valence-electron chi connectivity index (χ4n) is 1.78. The first-order chi connectivity index (χ1) is 9.06. The number of hydrogen-bond acceptors (Lipinski definition) is 2. The Balaban J connectivity index is 2.74. The summed E-state index contributed by atoms with van der Waals surface area (Å²) in [7, 11) is 0. The highest BCUT2D eigenvalue weighted by atomic mass is 35.5. The molecule has 1 aromatic rings. The van der Waals surface area contributed by atoms with E-state index in [1.165, 1.54) is 0 Å². The van der Waals surface area contributed by atoms with Gasteiger partial charge in [0.2, 0.25) is 0 Å². The summed E-state index contributed by atoms with van der Waals surface area (Å²) in [6, 6.07) is 8.62. The van der Waals surface area contributed by atoms with Gasteiger partial charge in [0.25, 0.3) is 5.91 Å². The van der Waals surface area contributed by atoms with Gasteiger partial charge in [-0.3, -0.25) is 4.79 Å². The second kappa shape index (κ2) is 7.97. The molecular weight excluding hydrogens is 262 g/mol. The fraction of sp³-hybridized carbons (Fsp3) is 0.400. The maximum atomic E-state index is 12.1. The van der Waals surface area contributed by atoms with E-state index in [0.717, 1.165) is 0 Å². The minimum absolute atomic E-state index is 0.114. The van der Waals surface area contributed by atoms with Gasteiger partial charge in [-0.05, 0) is 18.1 Å². The molecule has 0 fully saturated rings. The lowest BCUT2D eigenvalue weighted by atomic mass is 9.97. The molecule has 0 aliphatic rings. The Morgan fingerprint density at radius 3 is 2.53 bits per heavy atom. The number of halogens is 1. The van der Waals surface area contributed by atoms with Crippen LogP contribution in [-0.4, -0.2) is 29.0 Å². The normalized spacial score (nSPS) is 14.6. The SMILES string of the molecule is CC(C)[C@H](NC(=O)c1ccccc1)[C@@H](O)/C=C/CCl. The van der Waals surface area contributed by atoms with Gasteiger partial charge in [-0.2, -0.15) is 0 Å². The van der Waals surface area contributed by atoms with Crippen molar-refractivity contribution in [2.45, 2.75) is 26.0 Å². The molecule has 0 spiro atoms. The van der Waals surface area contributed by atoms with Crippen LogP contribution >= 0.6 is 11.6 Å². The number of benzene rings is 1. The quantitative estimate of drug-likeness (QED) is 0.622. The predicted octanol–water partition coefficient (Wildman–Crippen LogP) is 2.60. The molecule has 0 radical (unpaired) electrons. The molecule has 2 N–H and O–H groups in total. The molecule has 0 bridgehead atoms. The zero-order chi connectivity index (χ0) is 14.3. The molecule has 4 heteroatoms. The predicted molar refractivity (Wildman–Crippen MR) is 78.4 cm³/mol. The van der Waals surface area contributed by atoms with Crippen LogP contribution in [-0.2, 0) is 0 Å². The van der Waals surface area contributed by atoms with Crippen LogP contribution in [0.25, 0.3) is 0 Å². The molecule has 1 aromatic carbocycles. The Kier molecular flexibility index (Phi) is 6.60. The van der Waals surface area contributed by atoms with Gasteiger partial charge < -0.3 is 10.4 Å². The van der Waals surface area contributed by atoms with Crippen LogP contribution < -0.4 is 5.32 Å². The van der Waals surface area contributed by atoms with Crippen molar-refractivity contribution in [3.63, 3.8) is 0 Å². The summed E-state index contributed by atoms with van der Waals surface area (Å²) >= 11 is 5.55. The van der Waals surface area contributed by atoms with Crippen LogP contribution in [0.2, 0.25) is 0 Å². The third-order valence-corrected chi connectivity index (χ3v) is 3.02. The zero-order valence-electron chi connectivity index (χ0n) is 11.2. The second-order valence-electron chi connectivity index (χ2n) is 4.68. The van der Waals surface area contributed by atoms with E-state index in [1.54, 1.807) is 24.3 Å². The van der Waals surface area contributed by atoms with Gasteiger partial charge in [-0.1, -0.05) is 44.2 Å². The van der Waals surface area contributed by atoms with Crippen molar-refractivity contribution in [3.05, 3.63) is 48.0 Å². The van der Waals surface area contributed by atoms with Crippen LogP contribution in [0.5, 0.6) is 0 Å². The number of carbonyl (C=O) groups excluding carboxylic acids is 1. The zero-order valence-corrected chi connectivity index (χ0v) is 12.0. The van der Waals surface area contributed by atoms with Crippen LogP contribution in [0.15, 0.2) is 42.5 Å². The van der Waals surface area contributed by atoms with Gasteiger partial charge in [0.05, 0.1) is 12.1 Å². The van der Waals surface area contributed by atoms with Crippen molar-refractivity contribution in [1.82, 2.24) is 5.32 Å². The van der Waals surface area contributed by atoms with Crippen LogP contribution in [0.3, 0.4) is 0 Å². The van der Waals surface area contributed by atoms with E-state index < -0.39 is 6.10 Å². The monoisotopic (exact) mass is 281 g/mol. The number of alkyl halides is 1. The van der Waals surface area contributed by atoms with Gasteiger partial charge in [0.15, 0.2) is 0 Å². The number of aliphatic hydroxyl groups excluding tert-OH is 1. The Morgan fingerprint density at radius 1 is 1.37 bits per heavy atom. The number of amides is 1. The van der Waals surface area contributed by atoms with Gasteiger partial charge in [0.1, 0.15) is 0 Å². The maximum absolute atomic E-state index is 12.1. The Hall–Kier alpha value is -1.32. The second-order valence-corrected chi connectivity index (χ2v) is 4.99. The lowest BCUT2D eigenvalue weighted by molar-refractivity contribution is 0.0846. The van der Waals surface area contributed by atoms with Crippen molar-refractivity contribution in [3.8, 4) is 0 Å². The minimum atomic E-state index is -0.744. The summed E-state index contributed by atoms with van der Waals surface area (Å²) in [4.78, 5) is 12.1. The molecule has 104 valence electrons. The van der Waals surface area contributed by atoms with Gasteiger partial charge in [0, 0.05) is 11.4 Å². The molecule has 0 heterocycles. The summed E-state index contributed by atoms with van der Waals surface area (Å²) in [5.41, 5.74) is 0.585. The number of aliphatic hydroxyl groups is 1. The average Bonchev–Trinajstić information content (AvgIpc) is 2.42. The van der Waals surface area contributed by atoms with E-state index in [-0.39, 0.29) is 17.9 Å². The van der Waals surface area contributed by atoms with Crippen LogP contribution in [0, 0.1) is 5.92 Å². The highest BCUT2D eigenvalue weighted by Crippen LogP contribution is 2.10. The number of carbonyl (C=O) groups is 1. The molecule has 0 unspecified atom stereocenters. The molecule has 0 aromatic heterocycles. The first-order valence-electron chi connectivity index (χ1n) is 6.33. The average molecular weight is 282 g/mol. The molecule has 3 nitrogen and oxygen atoms in total. The Morgan fingerprint density at radius 2 is 2.00 bits per heavy atom. The number of allylic oxidation sites excluding steroid dienone is 1. The smallest absolute Gasteiger partial charge is 0.251 e. The van der Waals surface area contributed by atoms with E-state index in [2.05, 4.69) is 5.32 Å². The van der Waals surface area contributed by atoms with E-state index in [9.17, 15) is 9.90 Å². The summed E-state index contributed by atoms with van der Waals surface area (Å²) < 4.78 is 0. The van der Waals surface area contributed by atoms with Gasteiger partial charge in [-0.15, -0.1) is 11.6 Å². The van der Waals surface area contributed by atoms with E-state index in [1.807, 2.05) is 32.0 Å².